The summed E-state index contributed by atoms with van der Waals surface area (Å²) >= 11 is 1.42. The van der Waals surface area contributed by atoms with Crippen molar-refractivity contribution in [2.24, 2.45) is 0 Å². The summed E-state index contributed by atoms with van der Waals surface area (Å²) in [5.41, 5.74) is 6.01. The van der Waals surface area contributed by atoms with Crippen molar-refractivity contribution < 1.29 is 4.39 Å². The molecule has 15 heavy (non-hydrogen) atoms. The molecular weight excluding hydrogens is 211 g/mol. The largest absolute Gasteiger partial charge is 0.396 e. The number of nitrogens with two attached hydrogens (primary N) is 1. The van der Waals surface area contributed by atoms with Gasteiger partial charge in [-0.3, -0.25) is 0 Å². The van der Waals surface area contributed by atoms with E-state index in [4.69, 9.17) is 5.73 Å². The number of halogens is 1. The Labute approximate surface area is 91.3 Å². The van der Waals surface area contributed by atoms with E-state index in [1.165, 1.54) is 24.0 Å². The Balaban J connectivity index is 2.25. The Bertz CT molecular complexity index is 459. The van der Waals surface area contributed by atoms with Gasteiger partial charge >= 0.3 is 0 Å². The fraction of sp³-hybridized carbons (Fsp3) is 0. The fourth-order valence-electron chi connectivity index (χ4n) is 1.13. The summed E-state index contributed by atoms with van der Waals surface area (Å²) in [5, 5.41) is 0.627. The molecule has 0 aliphatic rings. The molecule has 1 aromatic heterocycles. The smallest absolute Gasteiger partial charge is 0.143 e. The SMILES string of the molecule is Nc1cc(F)cnc1Sc1ccccc1. The number of rotatable bonds is 2. The Hall–Kier alpha value is -1.55. The van der Waals surface area contributed by atoms with Gasteiger partial charge in [-0.05, 0) is 12.1 Å². The van der Waals surface area contributed by atoms with Gasteiger partial charge in [-0.15, -0.1) is 0 Å². The first-order valence-corrected chi connectivity index (χ1v) is 5.21. The summed E-state index contributed by atoms with van der Waals surface area (Å²) in [6.45, 7) is 0. The molecule has 0 bridgehead atoms. The van der Waals surface area contributed by atoms with Gasteiger partial charge in [-0.25, -0.2) is 9.37 Å². The number of nitrogen functional groups attached to an aromatic ring is 1. The quantitative estimate of drug-likeness (QED) is 0.845. The van der Waals surface area contributed by atoms with Gasteiger partial charge in [0.2, 0.25) is 0 Å². The third-order valence-corrected chi connectivity index (χ3v) is 2.85. The van der Waals surface area contributed by atoms with Gasteiger partial charge in [0.1, 0.15) is 10.8 Å². The van der Waals surface area contributed by atoms with Crippen molar-refractivity contribution in [2.45, 2.75) is 9.92 Å². The number of aromatic nitrogens is 1. The maximum atomic E-state index is 12.7. The number of nitrogens with zero attached hydrogens (tertiary/aromatic N) is 1. The predicted molar refractivity (Wildman–Crippen MR) is 59.2 cm³/mol. The maximum absolute atomic E-state index is 12.7. The highest BCUT2D eigenvalue weighted by atomic mass is 32.2. The first-order chi connectivity index (χ1) is 7.25. The van der Waals surface area contributed by atoms with Gasteiger partial charge in [0.25, 0.3) is 0 Å². The second kappa shape index (κ2) is 4.31. The molecule has 1 aromatic carbocycles. The van der Waals surface area contributed by atoms with Crippen LogP contribution in [0.25, 0.3) is 0 Å². The molecule has 0 fully saturated rings. The number of benzene rings is 1. The second-order valence-electron chi connectivity index (χ2n) is 2.96. The fourth-order valence-corrected chi connectivity index (χ4v) is 1.93. The standard InChI is InChI=1S/C11H9FN2S/c12-8-6-10(13)11(14-7-8)15-9-4-2-1-3-5-9/h1-7H,13H2. The lowest BCUT2D eigenvalue weighted by molar-refractivity contribution is 0.619. The summed E-state index contributed by atoms with van der Waals surface area (Å²) in [6, 6.07) is 11.0. The van der Waals surface area contributed by atoms with Crippen LogP contribution in [0.1, 0.15) is 0 Å². The van der Waals surface area contributed by atoms with E-state index in [-0.39, 0.29) is 0 Å². The Morgan fingerprint density at radius 2 is 1.93 bits per heavy atom. The van der Waals surface area contributed by atoms with Crippen LogP contribution in [-0.4, -0.2) is 4.98 Å². The normalized spacial score (nSPS) is 10.2. The number of hydrogen-bond acceptors (Lipinski definition) is 3. The third kappa shape index (κ3) is 2.47. The lowest BCUT2D eigenvalue weighted by atomic mass is 10.4. The van der Waals surface area contributed by atoms with Gasteiger partial charge in [-0.1, -0.05) is 30.0 Å². The Morgan fingerprint density at radius 1 is 1.20 bits per heavy atom. The average molecular weight is 220 g/mol. The molecule has 1 heterocycles. The first-order valence-electron chi connectivity index (χ1n) is 4.39. The van der Waals surface area contributed by atoms with E-state index in [1.54, 1.807) is 0 Å². The molecule has 76 valence electrons. The zero-order valence-electron chi connectivity index (χ0n) is 7.85. The van der Waals surface area contributed by atoms with E-state index in [1.807, 2.05) is 30.3 Å². The zero-order valence-corrected chi connectivity index (χ0v) is 8.67. The second-order valence-corrected chi connectivity index (χ2v) is 4.03. The van der Waals surface area contributed by atoms with Crippen LogP contribution in [0, 0.1) is 5.82 Å². The van der Waals surface area contributed by atoms with Gasteiger partial charge in [0.15, 0.2) is 0 Å². The van der Waals surface area contributed by atoms with E-state index in [9.17, 15) is 4.39 Å². The Kier molecular flexibility index (Phi) is 2.87. The van der Waals surface area contributed by atoms with E-state index < -0.39 is 5.82 Å². The highest BCUT2D eigenvalue weighted by Gasteiger charge is 2.04. The number of anilines is 1. The van der Waals surface area contributed by atoms with Crippen LogP contribution in [0.2, 0.25) is 0 Å². The number of hydrogen-bond donors (Lipinski definition) is 1. The van der Waals surface area contributed by atoms with Crippen molar-refractivity contribution in [1.29, 1.82) is 0 Å². The van der Waals surface area contributed by atoms with E-state index in [2.05, 4.69) is 4.98 Å². The summed E-state index contributed by atoms with van der Waals surface area (Å²) < 4.78 is 12.7. The van der Waals surface area contributed by atoms with E-state index >= 15 is 0 Å². The molecule has 0 aliphatic carbocycles. The molecule has 2 nitrogen and oxygen atoms in total. The molecule has 0 aliphatic heterocycles. The molecule has 0 saturated carbocycles. The molecule has 4 heteroatoms. The van der Waals surface area contributed by atoms with Crippen molar-refractivity contribution in [3.8, 4) is 0 Å². The molecule has 2 rings (SSSR count). The monoisotopic (exact) mass is 220 g/mol. The van der Waals surface area contributed by atoms with Crippen LogP contribution in [0.4, 0.5) is 10.1 Å². The van der Waals surface area contributed by atoms with Crippen LogP contribution in [0.5, 0.6) is 0 Å². The van der Waals surface area contributed by atoms with E-state index in [0.29, 0.717) is 10.7 Å². The van der Waals surface area contributed by atoms with E-state index in [0.717, 1.165) is 4.90 Å². The van der Waals surface area contributed by atoms with Crippen molar-refractivity contribution in [2.75, 3.05) is 5.73 Å². The van der Waals surface area contributed by atoms with Gasteiger partial charge in [-0.2, -0.15) is 0 Å². The highest BCUT2D eigenvalue weighted by molar-refractivity contribution is 7.99. The topological polar surface area (TPSA) is 38.9 Å². The lowest BCUT2D eigenvalue weighted by Gasteiger charge is -2.03. The highest BCUT2D eigenvalue weighted by Crippen LogP contribution is 2.29. The van der Waals surface area contributed by atoms with Crippen molar-refractivity contribution in [3.05, 3.63) is 48.4 Å². The molecule has 0 radical (unpaired) electrons. The zero-order chi connectivity index (χ0) is 10.7. The van der Waals surface area contributed by atoms with Crippen molar-refractivity contribution in [1.82, 2.24) is 4.98 Å². The molecule has 0 spiro atoms. The summed E-state index contributed by atoms with van der Waals surface area (Å²) in [7, 11) is 0. The van der Waals surface area contributed by atoms with Crippen molar-refractivity contribution >= 4 is 17.4 Å². The van der Waals surface area contributed by atoms with Crippen molar-refractivity contribution in [3.63, 3.8) is 0 Å². The van der Waals surface area contributed by atoms with Gasteiger partial charge < -0.3 is 5.73 Å². The van der Waals surface area contributed by atoms with Crippen LogP contribution in [0.3, 0.4) is 0 Å². The molecule has 2 aromatic rings. The molecule has 0 atom stereocenters. The van der Waals surface area contributed by atoms with Crippen LogP contribution < -0.4 is 5.73 Å². The lowest BCUT2D eigenvalue weighted by Crippen LogP contribution is -1.92. The maximum Gasteiger partial charge on any atom is 0.143 e. The molecule has 0 amide bonds. The summed E-state index contributed by atoms with van der Waals surface area (Å²) in [4.78, 5) is 4.97. The Morgan fingerprint density at radius 3 is 2.60 bits per heavy atom. The minimum Gasteiger partial charge on any atom is -0.396 e. The molecule has 0 saturated heterocycles. The average Bonchev–Trinajstić information content (AvgIpc) is 2.24. The minimum absolute atomic E-state index is 0.365. The first kappa shape index (κ1) is 9.98. The van der Waals surface area contributed by atoms with Crippen LogP contribution in [-0.2, 0) is 0 Å². The third-order valence-electron chi connectivity index (χ3n) is 1.80. The van der Waals surface area contributed by atoms with Gasteiger partial charge in [0, 0.05) is 11.0 Å². The van der Waals surface area contributed by atoms with Crippen LogP contribution in [0.15, 0.2) is 52.5 Å². The number of pyridine rings is 1. The molecular formula is C11H9FN2S. The summed E-state index contributed by atoms with van der Waals surface area (Å²) in [5.74, 6) is -0.412. The predicted octanol–water partition coefficient (Wildman–Crippen LogP) is 2.95. The summed E-state index contributed by atoms with van der Waals surface area (Å²) in [6.07, 6.45) is 1.17. The molecule has 2 N–H and O–H groups in total. The van der Waals surface area contributed by atoms with Gasteiger partial charge in [0.05, 0.1) is 11.9 Å². The molecule has 0 unspecified atom stereocenters. The minimum atomic E-state index is -0.412. The van der Waals surface area contributed by atoms with Crippen LogP contribution >= 0.6 is 11.8 Å².